The Labute approximate surface area is 188 Å². The van der Waals surface area contributed by atoms with Crippen molar-refractivity contribution in [1.82, 2.24) is 19.9 Å². The van der Waals surface area contributed by atoms with Crippen molar-refractivity contribution in [3.8, 4) is 22.4 Å². The second-order valence-corrected chi connectivity index (χ2v) is 8.52. The summed E-state index contributed by atoms with van der Waals surface area (Å²) in [4.78, 5) is 20.1. The van der Waals surface area contributed by atoms with Crippen molar-refractivity contribution in [2.24, 2.45) is 0 Å². The van der Waals surface area contributed by atoms with Crippen molar-refractivity contribution >= 4 is 38.6 Å². The molecule has 3 N–H and O–H groups in total. The second kappa shape index (κ2) is 8.20. The molecule has 4 heterocycles. The number of hydrogen-bond acceptors (Lipinski definition) is 7. The third-order valence-electron chi connectivity index (χ3n) is 5.69. The summed E-state index contributed by atoms with van der Waals surface area (Å²) in [7, 11) is 0. The van der Waals surface area contributed by atoms with Crippen molar-refractivity contribution in [2.45, 2.75) is 18.9 Å². The normalized spacial score (nSPS) is 16.2. The fraction of sp³-hybridized carbons (Fsp3) is 0.217. The van der Waals surface area contributed by atoms with Gasteiger partial charge in [-0.1, -0.05) is 28.1 Å². The molecule has 0 bridgehead atoms. The number of anilines is 2. The Kier molecular flexibility index (Phi) is 5.25. The fourth-order valence-corrected chi connectivity index (χ4v) is 4.55. The molecule has 156 valence electrons. The third kappa shape index (κ3) is 3.73. The quantitative estimate of drug-likeness (QED) is 0.457. The van der Waals surface area contributed by atoms with Gasteiger partial charge in [-0.3, -0.25) is 0 Å². The molecule has 0 aliphatic carbocycles. The van der Waals surface area contributed by atoms with Crippen LogP contribution in [0.1, 0.15) is 12.8 Å². The maximum atomic E-state index is 9.61. The first-order valence-corrected chi connectivity index (χ1v) is 10.9. The average molecular weight is 477 g/mol. The van der Waals surface area contributed by atoms with E-state index in [9.17, 15) is 5.11 Å². The molecule has 1 fully saturated rings. The molecule has 0 radical (unpaired) electrons. The number of aliphatic hydroxyl groups is 1. The van der Waals surface area contributed by atoms with Gasteiger partial charge >= 0.3 is 0 Å². The predicted octanol–water partition coefficient (Wildman–Crippen LogP) is 4.06. The highest BCUT2D eigenvalue weighted by atomic mass is 79.9. The Morgan fingerprint density at radius 3 is 2.77 bits per heavy atom. The molecule has 0 amide bonds. The first kappa shape index (κ1) is 19.8. The molecule has 1 saturated heterocycles. The first-order valence-electron chi connectivity index (χ1n) is 10.1. The Hall–Kier alpha value is -3.10. The van der Waals surface area contributed by atoms with Crippen LogP contribution >= 0.6 is 15.9 Å². The Bertz CT molecular complexity index is 1250. The van der Waals surface area contributed by atoms with Crippen molar-refractivity contribution in [1.29, 1.82) is 0 Å². The lowest BCUT2D eigenvalue weighted by atomic mass is 10.0. The molecule has 4 aromatic rings. The molecule has 7 nitrogen and oxygen atoms in total. The minimum Gasteiger partial charge on any atom is -0.394 e. The molecule has 5 rings (SSSR count). The van der Waals surface area contributed by atoms with E-state index in [4.69, 9.17) is 10.7 Å². The third-order valence-corrected chi connectivity index (χ3v) is 6.19. The van der Waals surface area contributed by atoms with E-state index in [1.54, 1.807) is 0 Å². The van der Waals surface area contributed by atoms with E-state index < -0.39 is 0 Å². The summed E-state index contributed by atoms with van der Waals surface area (Å²) in [6.07, 6.45) is 5.32. The monoisotopic (exact) mass is 476 g/mol. The number of rotatable bonds is 4. The van der Waals surface area contributed by atoms with Crippen LogP contribution < -0.4 is 10.6 Å². The Balaban J connectivity index is 1.61. The fourth-order valence-electron chi connectivity index (χ4n) is 4.15. The Morgan fingerprint density at radius 1 is 1.10 bits per heavy atom. The number of nitrogens with zero attached hydrogens (tertiary/aromatic N) is 5. The number of hydrogen-bond donors (Lipinski definition) is 2. The molecule has 1 atom stereocenters. The van der Waals surface area contributed by atoms with Crippen LogP contribution in [0.5, 0.6) is 0 Å². The minimum absolute atomic E-state index is 0.139. The van der Waals surface area contributed by atoms with Gasteiger partial charge in [0.2, 0.25) is 0 Å². The average Bonchev–Trinajstić information content (AvgIpc) is 3.28. The van der Waals surface area contributed by atoms with Crippen LogP contribution in [0.3, 0.4) is 0 Å². The number of benzene rings is 1. The maximum absolute atomic E-state index is 9.61. The molecule has 0 spiro atoms. The maximum Gasteiger partial charge on any atom is 0.165 e. The van der Waals surface area contributed by atoms with Crippen molar-refractivity contribution in [2.75, 3.05) is 23.8 Å². The zero-order chi connectivity index (χ0) is 21.4. The highest BCUT2D eigenvalue weighted by Gasteiger charge is 2.24. The van der Waals surface area contributed by atoms with Gasteiger partial charge in [0.15, 0.2) is 5.65 Å². The van der Waals surface area contributed by atoms with Gasteiger partial charge in [0.05, 0.1) is 23.7 Å². The number of fused-ring (bicyclic) bond motifs is 1. The molecular weight excluding hydrogens is 456 g/mol. The predicted molar refractivity (Wildman–Crippen MR) is 126 cm³/mol. The first-order chi connectivity index (χ1) is 15.1. The second-order valence-electron chi connectivity index (χ2n) is 7.60. The van der Waals surface area contributed by atoms with E-state index in [-0.39, 0.29) is 12.6 Å². The summed E-state index contributed by atoms with van der Waals surface area (Å²) in [5.41, 5.74) is 10.3. The van der Waals surface area contributed by atoms with Crippen LogP contribution in [0, 0.1) is 0 Å². The van der Waals surface area contributed by atoms with E-state index in [1.807, 2.05) is 48.7 Å². The van der Waals surface area contributed by atoms with Crippen molar-refractivity contribution in [3.63, 3.8) is 0 Å². The zero-order valence-electron chi connectivity index (χ0n) is 16.7. The molecular formula is C23H21BrN6O. The molecule has 1 aromatic carbocycles. The van der Waals surface area contributed by atoms with Gasteiger partial charge in [0, 0.05) is 22.8 Å². The van der Waals surface area contributed by atoms with Crippen LogP contribution in [0.2, 0.25) is 0 Å². The lowest BCUT2D eigenvalue weighted by molar-refractivity contribution is 0.266. The summed E-state index contributed by atoms with van der Waals surface area (Å²) in [6.45, 7) is 1.06. The topological polar surface area (TPSA) is 101 Å². The highest BCUT2D eigenvalue weighted by Crippen LogP contribution is 2.35. The number of aromatic nitrogens is 4. The molecule has 0 saturated carbocycles. The summed E-state index contributed by atoms with van der Waals surface area (Å²) in [5, 5.41) is 10.3. The van der Waals surface area contributed by atoms with Crippen molar-refractivity contribution < 1.29 is 5.11 Å². The molecule has 1 aliphatic rings. The van der Waals surface area contributed by atoms with Gasteiger partial charge in [-0.2, -0.15) is 0 Å². The lowest BCUT2D eigenvalue weighted by Gasteiger charge is -2.24. The van der Waals surface area contributed by atoms with Crippen LogP contribution in [0.4, 0.5) is 11.6 Å². The van der Waals surface area contributed by atoms with Gasteiger partial charge in [0.1, 0.15) is 18.0 Å². The summed E-state index contributed by atoms with van der Waals surface area (Å²) >= 11 is 3.55. The van der Waals surface area contributed by atoms with Crippen LogP contribution in [-0.4, -0.2) is 44.2 Å². The van der Waals surface area contributed by atoms with Crippen LogP contribution in [0.15, 0.2) is 59.5 Å². The molecule has 1 unspecified atom stereocenters. The van der Waals surface area contributed by atoms with Gasteiger partial charge in [-0.05, 0) is 54.3 Å². The van der Waals surface area contributed by atoms with Gasteiger partial charge < -0.3 is 15.7 Å². The zero-order valence-corrected chi connectivity index (χ0v) is 18.3. The standard InChI is InChI=1S/C23H21BrN6O/c24-16-4-1-3-14(9-16)18-10-19(29-23-21(18)22(25)27-13-28-23)15-6-7-20(26-11-15)30-8-2-5-17(30)12-31/h1,3-4,6-7,9-11,13,17,31H,2,5,8,12H2,(H2,25,27,28,29). The number of pyridine rings is 2. The summed E-state index contributed by atoms with van der Waals surface area (Å²) in [5.74, 6) is 1.27. The van der Waals surface area contributed by atoms with Crippen LogP contribution in [0.25, 0.3) is 33.4 Å². The summed E-state index contributed by atoms with van der Waals surface area (Å²) < 4.78 is 0.974. The van der Waals surface area contributed by atoms with Gasteiger partial charge in [-0.15, -0.1) is 0 Å². The van der Waals surface area contributed by atoms with Gasteiger partial charge in [0.25, 0.3) is 0 Å². The SMILES string of the molecule is Nc1ncnc2nc(-c3ccc(N4CCCC4CO)nc3)cc(-c3cccc(Br)c3)c12. The number of halogens is 1. The van der Waals surface area contributed by atoms with Crippen molar-refractivity contribution in [3.05, 3.63) is 59.5 Å². The van der Waals surface area contributed by atoms with E-state index >= 15 is 0 Å². The Morgan fingerprint density at radius 2 is 2.00 bits per heavy atom. The molecule has 31 heavy (non-hydrogen) atoms. The number of nitrogen functional groups attached to an aromatic ring is 1. The molecule has 8 heteroatoms. The van der Waals surface area contributed by atoms with Gasteiger partial charge in [-0.25, -0.2) is 19.9 Å². The molecule has 1 aliphatic heterocycles. The van der Waals surface area contributed by atoms with E-state index in [0.717, 1.165) is 57.4 Å². The summed E-state index contributed by atoms with van der Waals surface area (Å²) in [6, 6.07) is 14.2. The molecule has 3 aromatic heterocycles. The largest absolute Gasteiger partial charge is 0.394 e. The highest BCUT2D eigenvalue weighted by molar-refractivity contribution is 9.10. The van der Waals surface area contributed by atoms with E-state index in [0.29, 0.717) is 11.5 Å². The lowest BCUT2D eigenvalue weighted by Crippen LogP contribution is -2.32. The minimum atomic E-state index is 0.139. The number of aliphatic hydroxyl groups excluding tert-OH is 1. The number of nitrogens with two attached hydrogens (primary N) is 1. The van der Waals surface area contributed by atoms with Crippen LogP contribution in [-0.2, 0) is 0 Å². The van der Waals surface area contributed by atoms with E-state index in [1.165, 1.54) is 6.33 Å². The smallest absolute Gasteiger partial charge is 0.165 e. The van der Waals surface area contributed by atoms with E-state index in [2.05, 4.69) is 35.8 Å².